The fourth-order valence-electron chi connectivity index (χ4n) is 4.22. The van der Waals surface area contributed by atoms with Gasteiger partial charge in [-0.3, -0.25) is 14.3 Å². The molecule has 0 aliphatic carbocycles. The summed E-state index contributed by atoms with van der Waals surface area (Å²) < 4.78 is 1.59. The molecule has 37 heavy (non-hydrogen) atoms. The Hall–Kier alpha value is -4.92. The van der Waals surface area contributed by atoms with Crippen LogP contribution in [0.3, 0.4) is 0 Å². The molecule has 9 heteroatoms. The Bertz CT molecular complexity index is 1280. The lowest BCUT2D eigenvalue weighted by atomic mass is 9.77. The molecule has 3 aromatic carbocycles. The highest BCUT2D eigenvalue weighted by molar-refractivity contribution is 6.40. The summed E-state index contributed by atoms with van der Waals surface area (Å²) in [5.74, 6) is -1.11. The average Bonchev–Trinajstić information content (AvgIpc) is 3.26. The third-order valence-electron chi connectivity index (χ3n) is 5.99. The van der Waals surface area contributed by atoms with Gasteiger partial charge in [0.05, 0.1) is 6.20 Å². The molecule has 9 nitrogen and oxygen atoms in total. The zero-order valence-electron chi connectivity index (χ0n) is 20.2. The molecule has 0 aliphatic rings. The summed E-state index contributed by atoms with van der Waals surface area (Å²) in [5.41, 5.74) is 2.33. The highest BCUT2D eigenvalue weighted by atomic mass is 16.4. The van der Waals surface area contributed by atoms with E-state index >= 15 is 0 Å². The van der Waals surface area contributed by atoms with Gasteiger partial charge in [-0.05, 0) is 16.7 Å². The molecule has 2 amide bonds. The summed E-state index contributed by atoms with van der Waals surface area (Å²) in [6.07, 6.45) is -0.0521. The second kappa shape index (κ2) is 11.2. The Morgan fingerprint density at radius 1 is 0.838 bits per heavy atom. The number of anilines is 2. The van der Waals surface area contributed by atoms with Gasteiger partial charge in [-0.15, -0.1) is 0 Å². The number of hydrogen-bond donors (Lipinski definition) is 4. The Balaban J connectivity index is 1.76. The monoisotopic (exact) mass is 497 g/mol. The van der Waals surface area contributed by atoms with Crippen molar-refractivity contribution in [2.75, 3.05) is 17.2 Å². The lowest BCUT2D eigenvalue weighted by molar-refractivity contribution is -0.134. The van der Waals surface area contributed by atoms with E-state index in [1.54, 1.807) is 11.7 Å². The zero-order chi connectivity index (χ0) is 26.3. The van der Waals surface area contributed by atoms with Crippen molar-refractivity contribution in [1.29, 1.82) is 0 Å². The fraction of sp³-hybridized carbons (Fsp3) is 0.143. The molecule has 0 bridgehead atoms. The largest absolute Gasteiger partial charge is 0.465 e. The first-order chi connectivity index (χ1) is 17.9. The smallest absolute Gasteiger partial charge is 0.404 e. The standard InChI is InChI=1S/C28H27N5O4/c1-33-25(23(19-30-33)31-26(35)24(34)17-18-29-27(36)37)32-28(20-11-5-2-6-12-20,21-13-7-3-8-14-21)22-15-9-4-10-16-22/h2-16,19,29,32H,17-18H2,1H3,(H,31,35)(H,36,37). The lowest BCUT2D eigenvalue weighted by Gasteiger charge is -2.38. The number of aromatic nitrogens is 2. The van der Waals surface area contributed by atoms with E-state index < -0.39 is 23.3 Å². The van der Waals surface area contributed by atoms with Gasteiger partial charge < -0.3 is 21.1 Å². The van der Waals surface area contributed by atoms with Gasteiger partial charge in [0.15, 0.2) is 0 Å². The van der Waals surface area contributed by atoms with Gasteiger partial charge in [-0.25, -0.2) is 4.79 Å². The number of Topliss-reactive ketones (excluding diaryl/α,β-unsaturated/α-hetero) is 1. The first kappa shape index (κ1) is 25.2. The van der Waals surface area contributed by atoms with Crippen LogP contribution in [0, 0.1) is 0 Å². The number of nitrogens with one attached hydrogen (secondary N) is 3. The van der Waals surface area contributed by atoms with Crippen molar-refractivity contribution in [1.82, 2.24) is 15.1 Å². The van der Waals surface area contributed by atoms with Crippen LogP contribution in [0.1, 0.15) is 23.1 Å². The second-order valence-electron chi connectivity index (χ2n) is 8.36. The molecule has 4 aromatic rings. The van der Waals surface area contributed by atoms with Gasteiger partial charge >= 0.3 is 6.09 Å². The summed E-state index contributed by atoms with van der Waals surface area (Å²) >= 11 is 0. The SMILES string of the molecule is Cn1ncc(NC(=O)C(=O)CCNC(=O)O)c1NC(c1ccccc1)(c1ccccc1)c1ccccc1. The van der Waals surface area contributed by atoms with Gasteiger partial charge in [-0.2, -0.15) is 5.10 Å². The zero-order valence-corrected chi connectivity index (χ0v) is 20.2. The quantitative estimate of drug-likeness (QED) is 0.194. The van der Waals surface area contributed by atoms with Crippen molar-refractivity contribution >= 4 is 29.3 Å². The topological polar surface area (TPSA) is 125 Å². The van der Waals surface area contributed by atoms with Crippen molar-refractivity contribution in [2.24, 2.45) is 7.05 Å². The predicted molar refractivity (Wildman–Crippen MR) is 140 cm³/mol. The van der Waals surface area contributed by atoms with Crippen LogP contribution in [0.5, 0.6) is 0 Å². The normalized spacial score (nSPS) is 10.9. The molecule has 4 rings (SSSR count). The first-order valence-electron chi connectivity index (χ1n) is 11.7. The summed E-state index contributed by atoms with van der Waals surface area (Å²) in [6, 6.07) is 29.8. The van der Waals surface area contributed by atoms with Crippen molar-refractivity contribution < 1.29 is 19.5 Å². The number of carboxylic acid groups (broad SMARTS) is 1. The van der Waals surface area contributed by atoms with Crippen LogP contribution < -0.4 is 16.0 Å². The Morgan fingerprint density at radius 2 is 1.32 bits per heavy atom. The van der Waals surface area contributed by atoms with Crippen molar-refractivity contribution in [3.63, 3.8) is 0 Å². The number of carbonyl (C=O) groups excluding carboxylic acids is 2. The molecule has 0 saturated carbocycles. The number of nitrogens with zero attached hydrogens (tertiary/aromatic N) is 2. The molecule has 4 N–H and O–H groups in total. The molecule has 1 aromatic heterocycles. The number of rotatable bonds is 10. The molecule has 0 unspecified atom stereocenters. The number of benzene rings is 3. The van der Waals surface area contributed by atoms with E-state index in [1.807, 2.05) is 91.0 Å². The van der Waals surface area contributed by atoms with E-state index in [-0.39, 0.29) is 13.0 Å². The third-order valence-corrected chi connectivity index (χ3v) is 5.99. The Labute approximate surface area is 214 Å². The summed E-state index contributed by atoms with van der Waals surface area (Å²) in [4.78, 5) is 35.6. The molecular formula is C28H27N5O4. The van der Waals surface area contributed by atoms with Gasteiger partial charge in [0.25, 0.3) is 5.91 Å². The number of ketones is 1. The van der Waals surface area contributed by atoms with Crippen LogP contribution in [-0.4, -0.2) is 39.2 Å². The van der Waals surface area contributed by atoms with Gasteiger partial charge in [0.1, 0.15) is 17.0 Å². The van der Waals surface area contributed by atoms with Gasteiger partial charge in [0, 0.05) is 20.0 Å². The molecule has 188 valence electrons. The lowest BCUT2D eigenvalue weighted by Crippen LogP contribution is -2.39. The maximum absolute atomic E-state index is 12.6. The summed E-state index contributed by atoms with van der Waals surface area (Å²) in [6.45, 7) is -0.154. The third kappa shape index (κ3) is 5.51. The van der Waals surface area contributed by atoms with Crippen LogP contribution in [0.25, 0.3) is 0 Å². The van der Waals surface area contributed by atoms with E-state index in [0.29, 0.717) is 11.5 Å². The first-order valence-corrected chi connectivity index (χ1v) is 11.7. The van der Waals surface area contributed by atoms with Crippen LogP contribution >= 0.6 is 0 Å². The maximum atomic E-state index is 12.6. The molecule has 0 spiro atoms. The van der Waals surface area contributed by atoms with Crippen LogP contribution in [0.4, 0.5) is 16.3 Å². The van der Waals surface area contributed by atoms with Crippen LogP contribution in [0.2, 0.25) is 0 Å². The van der Waals surface area contributed by atoms with Crippen molar-refractivity contribution in [3.05, 3.63) is 114 Å². The number of amides is 2. The molecule has 0 radical (unpaired) electrons. The molecule has 0 aliphatic heterocycles. The minimum atomic E-state index is -1.26. The highest BCUT2D eigenvalue weighted by Crippen LogP contribution is 2.41. The predicted octanol–water partition coefficient (Wildman–Crippen LogP) is 3.99. The molecule has 0 fully saturated rings. The molecule has 0 atom stereocenters. The van der Waals surface area contributed by atoms with Crippen LogP contribution in [0.15, 0.2) is 97.2 Å². The number of hydrogen-bond acceptors (Lipinski definition) is 5. The minimum Gasteiger partial charge on any atom is -0.465 e. The van der Waals surface area contributed by atoms with Gasteiger partial charge in [0.2, 0.25) is 5.78 Å². The average molecular weight is 498 g/mol. The highest BCUT2D eigenvalue weighted by Gasteiger charge is 2.38. The second-order valence-corrected chi connectivity index (χ2v) is 8.36. The van der Waals surface area contributed by atoms with E-state index in [4.69, 9.17) is 5.11 Å². The van der Waals surface area contributed by atoms with E-state index in [2.05, 4.69) is 21.0 Å². The molecule has 1 heterocycles. The van der Waals surface area contributed by atoms with E-state index in [0.717, 1.165) is 16.7 Å². The number of aryl methyl sites for hydroxylation is 1. The van der Waals surface area contributed by atoms with Crippen LogP contribution in [-0.2, 0) is 22.2 Å². The minimum absolute atomic E-state index is 0.154. The maximum Gasteiger partial charge on any atom is 0.404 e. The molecule has 0 saturated heterocycles. The van der Waals surface area contributed by atoms with E-state index in [9.17, 15) is 14.4 Å². The van der Waals surface area contributed by atoms with Crippen molar-refractivity contribution in [3.8, 4) is 0 Å². The van der Waals surface area contributed by atoms with E-state index in [1.165, 1.54) is 6.20 Å². The number of carbonyl (C=O) groups is 3. The Kier molecular flexibility index (Phi) is 7.63. The summed E-state index contributed by atoms with van der Waals surface area (Å²) in [7, 11) is 1.74. The Morgan fingerprint density at radius 3 is 1.78 bits per heavy atom. The molecular weight excluding hydrogens is 470 g/mol. The summed E-state index contributed by atoms with van der Waals surface area (Å²) in [5, 5.41) is 21.4. The van der Waals surface area contributed by atoms with Gasteiger partial charge in [-0.1, -0.05) is 91.0 Å². The fourth-order valence-corrected chi connectivity index (χ4v) is 4.22. The van der Waals surface area contributed by atoms with Crippen molar-refractivity contribution in [2.45, 2.75) is 12.0 Å².